The summed E-state index contributed by atoms with van der Waals surface area (Å²) in [6, 6.07) is 9.56. The van der Waals surface area contributed by atoms with E-state index in [0.717, 1.165) is 48.2 Å². The number of ketones is 1. The number of hydrogen-bond donors (Lipinski definition) is 1. The van der Waals surface area contributed by atoms with Crippen LogP contribution in [-0.4, -0.2) is 35.4 Å². The fourth-order valence-corrected chi connectivity index (χ4v) is 3.55. The Morgan fingerprint density at radius 2 is 1.62 bits per heavy atom. The number of halogens is 1. The van der Waals surface area contributed by atoms with E-state index in [0.29, 0.717) is 36.7 Å². The number of ether oxygens (including phenoxy) is 2. The van der Waals surface area contributed by atoms with Crippen molar-refractivity contribution in [3.05, 3.63) is 35.9 Å². The average molecular weight is 465 g/mol. The van der Waals surface area contributed by atoms with Crippen LogP contribution in [0.25, 0.3) is 10.8 Å². The van der Waals surface area contributed by atoms with Crippen LogP contribution in [0.5, 0.6) is 11.5 Å². The highest BCUT2D eigenvalue weighted by Crippen LogP contribution is 2.31. The smallest absolute Gasteiger partial charge is 0.303 e. The minimum atomic E-state index is -0.765. The molecule has 0 saturated heterocycles. The SMILES string of the molecule is CC(=O)c1c(OCCCCCBr)ccc2ccc(OCCCCCC(=O)O)cc12. The van der Waals surface area contributed by atoms with Crippen LogP contribution in [0.4, 0.5) is 0 Å². The lowest BCUT2D eigenvalue weighted by Gasteiger charge is -2.14. The Morgan fingerprint density at radius 1 is 0.931 bits per heavy atom. The fraction of sp³-hybridized carbons (Fsp3) is 0.478. The molecule has 0 fully saturated rings. The fourth-order valence-electron chi connectivity index (χ4n) is 3.15. The molecule has 2 aromatic carbocycles. The number of carbonyl (C=O) groups is 2. The summed E-state index contributed by atoms with van der Waals surface area (Å²) in [5.41, 5.74) is 0.592. The van der Waals surface area contributed by atoms with Gasteiger partial charge in [0.05, 0.1) is 18.8 Å². The summed E-state index contributed by atoms with van der Waals surface area (Å²) in [4.78, 5) is 22.9. The van der Waals surface area contributed by atoms with Crippen molar-refractivity contribution in [2.75, 3.05) is 18.5 Å². The van der Waals surface area contributed by atoms with Crippen molar-refractivity contribution in [1.82, 2.24) is 0 Å². The molecular weight excluding hydrogens is 436 g/mol. The highest BCUT2D eigenvalue weighted by atomic mass is 79.9. The van der Waals surface area contributed by atoms with Gasteiger partial charge in [-0.05, 0) is 74.4 Å². The van der Waals surface area contributed by atoms with Crippen LogP contribution in [-0.2, 0) is 4.79 Å². The third-order valence-corrected chi connectivity index (χ3v) is 5.21. The van der Waals surface area contributed by atoms with Crippen LogP contribution in [0.3, 0.4) is 0 Å². The Labute approximate surface area is 180 Å². The Balaban J connectivity index is 2.05. The first kappa shape index (κ1) is 23.2. The van der Waals surface area contributed by atoms with Crippen LogP contribution < -0.4 is 9.47 Å². The van der Waals surface area contributed by atoms with E-state index in [-0.39, 0.29) is 12.2 Å². The van der Waals surface area contributed by atoms with Gasteiger partial charge in [0.15, 0.2) is 5.78 Å². The van der Waals surface area contributed by atoms with E-state index < -0.39 is 5.97 Å². The van der Waals surface area contributed by atoms with Gasteiger partial charge in [-0.15, -0.1) is 0 Å². The number of rotatable bonds is 14. The number of alkyl halides is 1. The van der Waals surface area contributed by atoms with Crippen molar-refractivity contribution >= 4 is 38.5 Å². The lowest BCUT2D eigenvalue weighted by atomic mass is 10.0. The predicted molar refractivity (Wildman–Crippen MR) is 119 cm³/mol. The molecule has 0 saturated carbocycles. The average Bonchev–Trinajstić information content (AvgIpc) is 2.69. The summed E-state index contributed by atoms with van der Waals surface area (Å²) >= 11 is 3.43. The zero-order valence-electron chi connectivity index (χ0n) is 16.9. The number of fused-ring (bicyclic) bond motifs is 1. The second-order valence-corrected chi connectivity index (χ2v) is 7.82. The molecule has 0 aromatic heterocycles. The summed E-state index contributed by atoms with van der Waals surface area (Å²) < 4.78 is 11.7. The van der Waals surface area contributed by atoms with Gasteiger partial charge in [-0.3, -0.25) is 9.59 Å². The molecule has 29 heavy (non-hydrogen) atoms. The van der Waals surface area contributed by atoms with Gasteiger partial charge in [0, 0.05) is 11.8 Å². The van der Waals surface area contributed by atoms with Crippen molar-refractivity contribution in [3.8, 4) is 11.5 Å². The van der Waals surface area contributed by atoms with E-state index in [4.69, 9.17) is 14.6 Å². The van der Waals surface area contributed by atoms with Crippen LogP contribution in [0.15, 0.2) is 30.3 Å². The Kier molecular flexibility index (Phi) is 9.98. The molecule has 0 heterocycles. The number of unbranched alkanes of at least 4 members (excludes halogenated alkanes) is 4. The molecule has 0 spiro atoms. The summed E-state index contributed by atoms with van der Waals surface area (Å²) in [5.74, 6) is 0.526. The van der Waals surface area contributed by atoms with Crippen molar-refractivity contribution in [2.45, 2.75) is 51.9 Å². The molecule has 6 heteroatoms. The maximum absolute atomic E-state index is 12.3. The van der Waals surface area contributed by atoms with Gasteiger partial charge in [-0.25, -0.2) is 0 Å². The number of aliphatic carboxylic acids is 1. The standard InChI is InChI=1S/C23H29BrO5/c1-17(25)23-20-16-19(28-14-6-2-4-8-22(26)27)11-9-18(20)10-12-21(23)29-15-7-3-5-13-24/h9-12,16H,2-8,13-15H2,1H3,(H,26,27). The van der Waals surface area contributed by atoms with E-state index >= 15 is 0 Å². The molecule has 0 atom stereocenters. The number of benzene rings is 2. The van der Waals surface area contributed by atoms with Crippen LogP contribution in [0, 0.1) is 0 Å². The third-order valence-electron chi connectivity index (χ3n) is 4.65. The zero-order chi connectivity index (χ0) is 21.1. The molecule has 1 N–H and O–H groups in total. The Hall–Kier alpha value is -2.08. The Bertz CT molecular complexity index is 818. The molecule has 2 aromatic rings. The summed E-state index contributed by atoms with van der Waals surface area (Å²) in [5, 5.41) is 11.5. The second kappa shape index (κ2) is 12.5. The van der Waals surface area contributed by atoms with Crippen LogP contribution in [0.2, 0.25) is 0 Å². The first-order valence-corrected chi connectivity index (χ1v) is 11.3. The predicted octanol–water partition coefficient (Wildman–Crippen LogP) is 6.01. The zero-order valence-corrected chi connectivity index (χ0v) is 18.5. The second-order valence-electron chi connectivity index (χ2n) is 7.03. The van der Waals surface area contributed by atoms with Gasteiger partial charge >= 0.3 is 5.97 Å². The lowest BCUT2D eigenvalue weighted by Crippen LogP contribution is -2.04. The molecule has 0 amide bonds. The molecule has 0 aliphatic carbocycles. The van der Waals surface area contributed by atoms with E-state index in [1.165, 1.54) is 0 Å². The van der Waals surface area contributed by atoms with Gasteiger partial charge in [0.25, 0.3) is 0 Å². The quantitative estimate of drug-likeness (QED) is 0.210. The normalized spacial score (nSPS) is 10.8. The van der Waals surface area contributed by atoms with Crippen molar-refractivity contribution in [1.29, 1.82) is 0 Å². The van der Waals surface area contributed by atoms with Crippen molar-refractivity contribution < 1.29 is 24.2 Å². The number of carbonyl (C=O) groups excluding carboxylic acids is 1. The minimum absolute atomic E-state index is 0.0307. The summed E-state index contributed by atoms with van der Waals surface area (Å²) in [7, 11) is 0. The van der Waals surface area contributed by atoms with Crippen LogP contribution >= 0.6 is 15.9 Å². The number of hydrogen-bond acceptors (Lipinski definition) is 4. The van der Waals surface area contributed by atoms with Gasteiger partial charge in [0.1, 0.15) is 11.5 Å². The van der Waals surface area contributed by atoms with Crippen molar-refractivity contribution in [3.63, 3.8) is 0 Å². The molecular formula is C23H29BrO5. The number of carboxylic acid groups (broad SMARTS) is 1. The number of carboxylic acids is 1. The lowest BCUT2D eigenvalue weighted by molar-refractivity contribution is -0.137. The van der Waals surface area contributed by atoms with E-state index in [2.05, 4.69) is 15.9 Å². The summed E-state index contributed by atoms with van der Waals surface area (Å²) in [6.45, 7) is 2.66. The molecule has 0 aliphatic heterocycles. The van der Waals surface area contributed by atoms with Gasteiger partial charge in [-0.1, -0.05) is 28.1 Å². The first-order valence-electron chi connectivity index (χ1n) is 10.1. The topological polar surface area (TPSA) is 72.8 Å². The maximum Gasteiger partial charge on any atom is 0.303 e. The third kappa shape index (κ3) is 7.69. The largest absolute Gasteiger partial charge is 0.494 e. The molecule has 158 valence electrons. The van der Waals surface area contributed by atoms with Gasteiger partial charge in [-0.2, -0.15) is 0 Å². The van der Waals surface area contributed by atoms with Crippen molar-refractivity contribution in [2.24, 2.45) is 0 Å². The highest BCUT2D eigenvalue weighted by Gasteiger charge is 2.14. The molecule has 0 unspecified atom stereocenters. The molecule has 0 aliphatic rings. The van der Waals surface area contributed by atoms with E-state index in [9.17, 15) is 9.59 Å². The molecule has 0 radical (unpaired) electrons. The Morgan fingerprint density at radius 3 is 2.31 bits per heavy atom. The van der Waals surface area contributed by atoms with Gasteiger partial charge < -0.3 is 14.6 Å². The summed E-state index contributed by atoms with van der Waals surface area (Å²) in [6.07, 6.45) is 5.59. The maximum atomic E-state index is 12.3. The number of Topliss-reactive ketones (excluding diaryl/α,β-unsaturated/α-hetero) is 1. The molecule has 2 rings (SSSR count). The minimum Gasteiger partial charge on any atom is -0.494 e. The van der Waals surface area contributed by atoms with Crippen LogP contribution in [0.1, 0.15) is 62.2 Å². The highest BCUT2D eigenvalue weighted by molar-refractivity contribution is 9.09. The molecule has 0 bridgehead atoms. The monoisotopic (exact) mass is 464 g/mol. The van der Waals surface area contributed by atoms with Gasteiger partial charge in [0.2, 0.25) is 0 Å². The van der Waals surface area contributed by atoms with E-state index in [1.807, 2.05) is 30.3 Å². The molecule has 5 nitrogen and oxygen atoms in total. The first-order chi connectivity index (χ1) is 14.0. The van der Waals surface area contributed by atoms with E-state index in [1.54, 1.807) is 6.92 Å².